The molecule has 2 N–H and O–H groups in total. The second kappa shape index (κ2) is 7.35. The van der Waals surface area contributed by atoms with Crippen molar-refractivity contribution < 1.29 is 4.79 Å². The summed E-state index contributed by atoms with van der Waals surface area (Å²) in [5, 5.41) is 11.2. The smallest absolute Gasteiger partial charge is 0.271 e. The van der Waals surface area contributed by atoms with Crippen LogP contribution in [0, 0.1) is 5.92 Å². The number of H-pyrrole nitrogens is 1. The van der Waals surface area contributed by atoms with Crippen molar-refractivity contribution >= 4 is 5.91 Å². The van der Waals surface area contributed by atoms with Crippen LogP contribution in [0.5, 0.6) is 0 Å². The molecule has 2 aromatic heterocycles. The van der Waals surface area contributed by atoms with Crippen molar-refractivity contribution in [3.8, 4) is 0 Å². The van der Waals surface area contributed by atoms with Gasteiger partial charge in [0.2, 0.25) is 0 Å². The number of aromatic amines is 1. The molecule has 0 aromatic carbocycles. The molecular weight excluding hydrogens is 318 g/mol. The molecule has 0 saturated carbocycles. The first-order chi connectivity index (χ1) is 12.3. The van der Waals surface area contributed by atoms with Gasteiger partial charge in [-0.2, -0.15) is 0 Å². The molecule has 2 aliphatic heterocycles. The van der Waals surface area contributed by atoms with E-state index in [1.807, 2.05) is 15.8 Å². The largest absolute Gasteiger partial charge is 0.338 e. The summed E-state index contributed by atoms with van der Waals surface area (Å²) >= 11 is 0. The van der Waals surface area contributed by atoms with E-state index in [1.165, 1.54) is 0 Å². The fraction of sp³-hybridized carbons (Fsp3) is 0.647. The van der Waals surface area contributed by atoms with Crippen LogP contribution in [0.25, 0.3) is 0 Å². The zero-order chi connectivity index (χ0) is 17.1. The van der Waals surface area contributed by atoms with Crippen LogP contribution >= 0.6 is 0 Å². The van der Waals surface area contributed by atoms with E-state index in [4.69, 9.17) is 0 Å². The lowest BCUT2D eigenvalue weighted by Crippen LogP contribution is -2.41. The molecule has 0 spiro atoms. The number of carbonyl (C=O) groups is 1. The first-order valence-electron chi connectivity index (χ1n) is 9.18. The molecule has 1 amide bonds. The predicted octanol–water partition coefficient (Wildman–Crippen LogP) is 1.02. The summed E-state index contributed by atoms with van der Waals surface area (Å²) in [6.07, 6.45) is 9.57. The van der Waals surface area contributed by atoms with E-state index in [2.05, 4.69) is 25.6 Å². The third-order valence-electron chi connectivity index (χ3n) is 5.28. The molecule has 1 atom stereocenters. The Labute approximate surface area is 147 Å². The lowest BCUT2D eigenvalue weighted by atomic mass is 9.97. The highest BCUT2D eigenvalue weighted by Gasteiger charge is 2.27. The SMILES string of the molecule is O=C(c1cnc(C2CCNCC2)[nH]1)N1CCCC(Cn2ccnn2)C1. The van der Waals surface area contributed by atoms with Crippen molar-refractivity contribution in [3.63, 3.8) is 0 Å². The Morgan fingerprint density at radius 2 is 2.16 bits per heavy atom. The number of piperidine rings is 2. The highest BCUT2D eigenvalue weighted by atomic mass is 16.2. The summed E-state index contributed by atoms with van der Waals surface area (Å²) in [5.41, 5.74) is 0.620. The summed E-state index contributed by atoms with van der Waals surface area (Å²) in [4.78, 5) is 22.6. The number of amides is 1. The number of nitrogens with one attached hydrogen (secondary N) is 2. The molecule has 0 radical (unpaired) electrons. The van der Waals surface area contributed by atoms with Crippen molar-refractivity contribution in [2.75, 3.05) is 26.2 Å². The van der Waals surface area contributed by atoms with E-state index < -0.39 is 0 Å². The molecule has 25 heavy (non-hydrogen) atoms. The van der Waals surface area contributed by atoms with E-state index in [1.54, 1.807) is 12.4 Å². The third kappa shape index (κ3) is 3.73. The summed E-state index contributed by atoms with van der Waals surface area (Å²) in [6.45, 7) is 4.43. The molecule has 4 heterocycles. The van der Waals surface area contributed by atoms with Gasteiger partial charge in [0.25, 0.3) is 5.91 Å². The second-order valence-corrected chi connectivity index (χ2v) is 7.09. The second-order valence-electron chi connectivity index (χ2n) is 7.09. The van der Waals surface area contributed by atoms with Gasteiger partial charge in [0, 0.05) is 31.7 Å². The maximum absolute atomic E-state index is 12.9. The topological polar surface area (TPSA) is 91.7 Å². The maximum atomic E-state index is 12.9. The fourth-order valence-corrected chi connectivity index (χ4v) is 3.91. The van der Waals surface area contributed by atoms with E-state index in [0.29, 0.717) is 17.5 Å². The Balaban J connectivity index is 1.39. The van der Waals surface area contributed by atoms with Gasteiger partial charge < -0.3 is 15.2 Å². The maximum Gasteiger partial charge on any atom is 0.271 e. The van der Waals surface area contributed by atoms with E-state index >= 15 is 0 Å². The van der Waals surface area contributed by atoms with Gasteiger partial charge in [-0.25, -0.2) is 4.98 Å². The van der Waals surface area contributed by atoms with Gasteiger partial charge in [-0.05, 0) is 44.7 Å². The van der Waals surface area contributed by atoms with Crippen LogP contribution in [0.2, 0.25) is 0 Å². The number of aromatic nitrogens is 5. The molecule has 0 bridgehead atoms. The summed E-state index contributed by atoms with van der Waals surface area (Å²) in [6, 6.07) is 0. The third-order valence-corrected chi connectivity index (χ3v) is 5.28. The highest BCUT2D eigenvalue weighted by Crippen LogP contribution is 2.24. The average molecular weight is 343 g/mol. The summed E-state index contributed by atoms with van der Waals surface area (Å²) < 4.78 is 1.85. The van der Waals surface area contributed by atoms with Gasteiger partial charge in [0.05, 0.1) is 12.4 Å². The molecule has 8 heteroatoms. The summed E-state index contributed by atoms with van der Waals surface area (Å²) in [7, 11) is 0. The monoisotopic (exact) mass is 343 g/mol. The van der Waals surface area contributed by atoms with Gasteiger partial charge in [-0.3, -0.25) is 9.48 Å². The zero-order valence-corrected chi connectivity index (χ0v) is 14.4. The van der Waals surface area contributed by atoms with Crippen LogP contribution in [0.3, 0.4) is 0 Å². The number of carbonyl (C=O) groups excluding carboxylic acids is 1. The molecule has 134 valence electrons. The van der Waals surface area contributed by atoms with Crippen molar-refractivity contribution in [1.82, 2.24) is 35.2 Å². The van der Waals surface area contributed by atoms with Gasteiger partial charge in [0.15, 0.2) is 0 Å². The van der Waals surface area contributed by atoms with E-state index in [0.717, 1.165) is 64.2 Å². The molecule has 2 aromatic rings. The quantitative estimate of drug-likeness (QED) is 0.865. The van der Waals surface area contributed by atoms with Crippen LogP contribution in [-0.4, -0.2) is 61.9 Å². The minimum atomic E-state index is 0.0657. The highest BCUT2D eigenvalue weighted by molar-refractivity contribution is 5.92. The number of imidazole rings is 1. The summed E-state index contributed by atoms with van der Waals surface area (Å²) in [5.74, 6) is 1.88. The number of likely N-dealkylation sites (tertiary alicyclic amines) is 1. The van der Waals surface area contributed by atoms with Crippen molar-refractivity contribution in [2.45, 2.75) is 38.1 Å². The number of hydrogen-bond acceptors (Lipinski definition) is 5. The normalized spacial score (nSPS) is 22.2. The zero-order valence-electron chi connectivity index (χ0n) is 14.4. The lowest BCUT2D eigenvalue weighted by Gasteiger charge is -2.32. The Morgan fingerprint density at radius 1 is 1.28 bits per heavy atom. The first kappa shape index (κ1) is 16.3. The van der Waals surface area contributed by atoms with Crippen molar-refractivity contribution in [1.29, 1.82) is 0 Å². The van der Waals surface area contributed by atoms with Gasteiger partial charge >= 0.3 is 0 Å². The van der Waals surface area contributed by atoms with Gasteiger partial charge in [0.1, 0.15) is 11.5 Å². The molecular formula is C17H25N7O. The molecule has 4 rings (SSSR count). The van der Waals surface area contributed by atoms with Crippen LogP contribution < -0.4 is 5.32 Å². The molecule has 1 unspecified atom stereocenters. The molecule has 8 nitrogen and oxygen atoms in total. The predicted molar refractivity (Wildman–Crippen MR) is 92.1 cm³/mol. The molecule has 0 aliphatic carbocycles. The molecule has 2 aliphatic rings. The Morgan fingerprint density at radius 3 is 2.96 bits per heavy atom. The molecule has 2 fully saturated rings. The van der Waals surface area contributed by atoms with Crippen LogP contribution in [-0.2, 0) is 6.54 Å². The van der Waals surface area contributed by atoms with E-state index in [-0.39, 0.29) is 5.91 Å². The standard InChI is InChI=1S/C17H25N7O/c25-17(15-10-19-16(21-15)14-3-5-18-6-4-14)23-8-1-2-13(11-23)12-24-9-7-20-22-24/h7,9-10,13-14,18H,1-6,8,11-12H2,(H,19,21). The Kier molecular flexibility index (Phi) is 4.78. The number of rotatable bonds is 4. The Hall–Kier alpha value is -2.22. The Bertz CT molecular complexity index is 690. The van der Waals surface area contributed by atoms with Crippen LogP contribution in [0.1, 0.15) is 47.9 Å². The van der Waals surface area contributed by atoms with E-state index in [9.17, 15) is 4.79 Å². The number of hydrogen-bond donors (Lipinski definition) is 2. The minimum absolute atomic E-state index is 0.0657. The van der Waals surface area contributed by atoms with Crippen LogP contribution in [0.15, 0.2) is 18.6 Å². The first-order valence-corrected chi connectivity index (χ1v) is 9.18. The van der Waals surface area contributed by atoms with Gasteiger partial charge in [-0.1, -0.05) is 5.21 Å². The van der Waals surface area contributed by atoms with Gasteiger partial charge in [-0.15, -0.1) is 5.10 Å². The van der Waals surface area contributed by atoms with Crippen LogP contribution in [0.4, 0.5) is 0 Å². The molecule has 2 saturated heterocycles. The fourth-order valence-electron chi connectivity index (χ4n) is 3.91. The minimum Gasteiger partial charge on any atom is -0.338 e. The van der Waals surface area contributed by atoms with Crippen molar-refractivity contribution in [2.24, 2.45) is 5.92 Å². The lowest BCUT2D eigenvalue weighted by molar-refractivity contribution is 0.0653. The van der Waals surface area contributed by atoms with Crippen molar-refractivity contribution in [3.05, 3.63) is 30.1 Å². The average Bonchev–Trinajstić information content (AvgIpc) is 3.34. The number of nitrogens with zero attached hydrogens (tertiary/aromatic N) is 5.